The number of hydrogen-bond acceptors (Lipinski definition) is 4. The molecule has 1 amide bonds. The maximum absolute atomic E-state index is 12.6. The van der Waals surface area contributed by atoms with E-state index in [1.54, 1.807) is 6.20 Å². The number of aromatic nitrogens is 3. The van der Waals surface area contributed by atoms with E-state index in [0.29, 0.717) is 18.2 Å². The minimum Gasteiger partial charge on any atom is -0.381 e. The van der Waals surface area contributed by atoms with Crippen molar-refractivity contribution < 1.29 is 4.79 Å². The Morgan fingerprint density at radius 3 is 2.75 bits per heavy atom. The molecule has 6 heteroatoms. The molecule has 6 nitrogen and oxygen atoms in total. The number of nitrogens with zero attached hydrogens (tertiary/aromatic N) is 3. The van der Waals surface area contributed by atoms with Crippen LogP contribution in [0.3, 0.4) is 0 Å². The van der Waals surface area contributed by atoms with E-state index in [1.807, 2.05) is 24.7 Å². The molecule has 0 saturated heterocycles. The fraction of sp³-hybridized carbons (Fsp3) is 0.611. The lowest BCUT2D eigenvalue weighted by atomic mass is 9.95. The summed E-state index contributed by atoms with van der Waals surface area (Å²) in [6, 6.07) is 0.423. The van der Waals surface area contributed by atoms with Crippen LogP contribution < -0.4 is 10.6 Å². The predicted molar refractivity (Wildman–Crippen MR) is 96.3 cm³/mol. The lowest BCUT2D eigenvalue weighted by molar-refractivity contribution is 0.0954. The molecule has 0 unspecified atom stereocenters. The lowest BCUT2D eigenvalue weighted by Gasteiger charge is -2.25. The zero-order valence-electron chi connectivity index (χ0n) is 14.6. The summed E-state index contributed by atoms with van der Waals surface area (Å²) in [5.74, 6) is -0.0613. The third-order valence-corrected chi connectivity index (χ3v) is 4.70. The Labute approximate surface area is 143 Å². The molecule has 0 atom stereocenters. The number of hydrogen-bond donors (Lipinski definition) is 2. The van der Waals surface area contributed by atoms with E-state index in [9.17, 15) is 4.79 Å². The largest absolute Gasteiger partial charge is 0.381 e. The third-order valence-electron chi connectivity index (χ3n) is 4.70. The van der Waals surface area contributed by atoms with Gasteiger partial charge in [-0.05, 0) is 26.2 Å². The molecule has 1 aliphatic carbocycles. The molecule has 0 aliphatic heterocycles. The Balaban J connectivity index is 1.98. The maximum Gasteiger partial charge on any atom is 0.254 e. The van der Waals surface area contributed by atoms with E-state index in [0.717, 1.165) is 42.5 Å². The number of amides is 1. The van der Waals surface area contributed by atoms with Gasteiger partial charge in [-0.15, -0.1) is 0 Å². The first-order chi connectivity index (χ1) is 11.7. The first-order valence-electron chi connectivity index (χ1n) is 9.13. The van der Waals surface area contributed by atoms with Crippen LogP contribution in [-0.4, -0.2) is 33.3 Å². The molecule has 130 valence electrons. The smallest absolute Gasteiger partial charge is 0.254 e. The molecule has 0 radical (unpaired) electrons. The van der Waals surface area contributed by atoms with Crippen molar-refractivity contribution in [3.63, 3.8) is 0 Å². The fourth-order valence-corrected chi connectivity index (χ4v) is 3.37. The molecular weight excluding hydrogens is 302 g/mol. The van der Waals surface area contributed by atoms with Gasteiger partial charge in [-0.25, -0.2) is 9.67 Å². The first kappa shape index (κ1) is 16.7. The summed E-state index contributed by atoms with van der Waals surface area (Å²) in [6.45, 7) is 5.53. The molecule has 1 fully saturated rings. The summed E-state index contributed by atoms with van der Waals surface area (Å²) in [5, 5.41) is 11.9. The average Bonchev–Trinajstić information content (AvgIpc) is 3.04. The van der Waals surface area contributed by atoms with Crippen LogP contribution in [0.15, 0.2) is 12.4 Å². The molecule has 2 aromatic heterocycles. The predicted octanol–water partition coefficient (Wildman–Crippen LogP) is 3.34. The SMILES string of the molecule is CCCNC(=O)c1cnc2c(cnn2CC)c1NC1CCCCC1. The highest BCUT2D eigenvalue weighted by molar-refractivity contribution is 6.06. The summed E-state index contributed by atoms with van der Waals surface area (Å²) in [6.07, 6.45) is 10.5. The van der Waals surface area contributed by atoms with E-state index in [-0.39, 0.29) is 5.91 Å². The molecule has 1 saturated carbocycles. The lowest BCUT2D eigenvalue weighted by Crippen LogP contribution is -2.28. The van der Waals surface area contributed by atoms with Crippen molar-refractivity contribution in [1.82, 2.24) is 20.1 Å². The molecule has 24 heavy (non-hydrogen) atoms. The van der Waals surface area contributed by atoms with Crippen LogP contribution in [-0.2, 0) is 6.54 Å². The monoisotopic (exact) mass is 329 g/mol. The molecule has 0 aromatic carbocycles. The van der Waals surface area contributed by atoms with E-state index in [4.69, 9.17) is 0 Å². The van der Waals surface area contributed by atoms with Crippen LogP contribution in [0.2, 0.25) is 0 Å². The Morgan fingerprint density at radius 2 is 2.04 bits per heavy atom. The number of carbonyl (C=O) groups excluding carboxylic acids is 1. The number of nitrogens with one attached hydrogen (secondary N) is 2. The van der Waals surface area contributed by atoms with Crippen LogP contribution in [0.4, 0.5) is 5.69 Å². The van der Waals surface area contributed by atoms with Crippen LogP contribution >= 0.6 is 0 Å². The van der Waals surface area contributed by atoms with Crippen molar-refractivity contribution in [2.24, 2.45) is 0 Å². The Morgan fingerprint density at radius 1 is 1.25 bits per heavy atom. The highest BCUT2D eigenvalue weighted by Crippen LogP contribution is 2.29. The second-order valence-corrected chi connectivity index (χ2v) is 6.48. The van der Waals surface area contributed by atoms with Crippen molar-refractivity contribution >= 4 is 22.6 Å². The summed E-state index contributed by atoms with van der Waals surface area (Å²) in [7, 11) is 0. The molecule has 2 N–H and O–H groups in total. The standard InChI is InChI=1S/C18H27N5O/c1-3-10-19-18(24)15-11-20-17-14(12-21-23(17)4-2)16(15)22-13-8-6-5-7-9-13/h11-13H,3-10H2,1-2H3,(H,19,24)(H,20,22). The normalized spacial score (nSPS) is 15.6. The van der Waals surface area contributed by atoms with Crippen LogP contribution in [0.1, 0.15) is 62.7 Å². The molecule has 2 aromatic rings. The topological polar surface area (TPSA) is 71.8 Å². The number of fused-ring (bicyclic) bond motifs is 1. The van der Waals surface area contributed by atoms with Gasteiger partial charge in [-0.1, -0.05) is 26.2 Å². The molecule has 1 aliphatic rings. The first-order valence-corrected chi connectivity index (χ1v) is 9.13. The molecule has 2 heterocycles. The number of pyridine rings is 1. The summed E-state index contributed by atoms with van der Waals surface area (Å²) >= 11 is 0. The minimum atomic E-state index is -0.0613. The van der Waals surface area contributed by atoms with Gasteiger partial charge in [0.1, 0.15) is 0 Å². The third kappa shape index (κ3) is 3.37. The zero-order chi connectivity index (χ0) is 16.9. The van der Waals surface area contributed by atoms with Gasteiger partial charge in [0.25, 0.3) is 5.91 Å². The second kappa shape index (κ2) is 7.64. The number of carbonyl (C=O) groups is 1. The van der Waals surface area contributed by atoms with Crippen molar-refractivity contribution in [1.29, 1.82) is 0 Å². The van der Waals surface area contributed by atoms with E-state index in [1.165, 1.54) is 19.3 Å². The quantitative estimate of drug-likeness (QED) is 0.852. The molecule has 0 spiro atoms. The van der Waals surface area contributed by atoms with Crippen molar-refractivity contribution in [3.8, 4) is 0 Å². The van der Waals surface area contributed by atoms with Gasteiger partial charge in [-0.2, -0.15) is 5.10 Å². The number of anilines is 1. The highest BCUT2D eigenvalue weighted by atomic mass is 16.1. The zero-order valence-corrected chi connectivity index (χ0v) is 14.6. The second-order valence-electron chi connectivity index (χ2n) is 6.48. The van der Waals surface area contributed by atoms with Crippen molar-refractivity contribution in [2.45, 2.75) is 65.0 Å². The number of aryl methyl sites for hydroxylation is 1. The number of rotatable bonds is 6. The van der Waals surface area contributed by atoms with Gasteiger partial charge in [0.05, 0.1) is 22.8 Å². The van der Waals surface area contributed by atoms with Crippen molar-refractivity contribution in [3.05, 3.63) is 18.0 Å². The van der Waals surface area contributed by atoms with Gasteiger partial charge in [-0.3, -0.25) is 4.79 Å². The van der Waals surface area contributed by atoms with E-state index in [2.05, 4.69) is 20.7 Å². The van der Waals surface area contributed by atoms with E-state index >= 15 is 0 Å². The summed E-state index contributed by atoms with van der Waals surface area (Å²) < 4.78 is 1.87. The fourth-order valence-electron chi connectivity index (χ4n) is 3.37. The average molecular weight is 329 g/mol. The Kier molecular flexibility index (Phi) is 5.33. The van der Waals surface area contributed by atoms with E-state index < -0.39 is 0 Å². The van der Waals surface area contributed by atoms with Gasteiger partial charge >= 0.3 is 0 Å². The Bertz CT molecular complexity index is 703. The Hall–Kier alpha value is -2.11. The summed E-state index contributed by atoms with van der Waals surface area (Å²) in [4.78, 5) is 17.1. The van der Waals surface area contributed by atoms with Crippen molar-refractivity contribution in [2.75, 3.05) is 11.9 Å². The van der Waals surface area contributed by atoms with Crippen LogP contribution in [0.25, 0.3) is 11.0 Å². The minimum absolute atomic E-state index is 0.0613. The van der Waals surface area contributed by atoms with Gasteiger partial charge < -0.3 is 10.6 Å². The van der Waals surface area contributed by atoms with Crippen LogP contribution in [0, 0.1) is 0 Å². The van der Waals surface area contributed by atoms with Gasteiger partial charge in [0, 0.05) is 25.3 Å². The van der Waals surface area contributed by atoms with Crippen LogP contribution in [0.5, 0.6) is 0 Å². The maximum atomic E-state index is 12.6. The molecular formula is C18H27N5O. The van der Waals surface area contributed by atoms with Gasteiger partial charge in [0.2, 0.25) is 0 Å². The summed E-state index contributed by atoms with van der Waals surface area (Å²) in [5.41, 5.74) is 2.35. The molecule has 3 rings (SSSR count). The van der Waals surface area contributed by atoms with Gasteiger partial charge in [0.15, 0.2) is 5.65 Å². The molecule has 0 bridgehead atoms. The highest BCUT2D eigenvalue weighted by Gasteiger charge is 2.21.